The Morgan fingerprint density at radius 3 is 2.32 bits per heavy atom. The summed E-state index contributed by atoms with van der Waals surface area (Å²) >= 11 is 0. The van der Waals surface area contributed by atoms with E-state index in [0.29, 0.717) is 6.54 Å². The number of oxazole rings is 1. The normalized spacial score (nSPS) is 12.3. The van der Waals surface area contributed by atoms with E-state index in [1.165, 1.54) is 6.39 Å². The molecule has 1 aromatic heterocycles. The molecule has 138 valence electrons. The van der Waals surface area contributed by atoms with Crippen LogP contribution in [0.1, 0.15) is 40.0 Å². The number of nitrogens with one attached hydrogen (secondary N) is 2. The van der Waals surface area contributed by atoms with Crippen LogP contribution in [0.25, 0.3) is 11.3 Å². The molecule has 0 bridgehead atoms. The summed E-state index contributed by atoms with van der Waals surface area (Å²) < 4.78 is 31.0. The molecule has 1 aromatic carbocycles. The van der Waals surface area contributed by atoms with E-state index < -0.39 is 14.8 Å². The zero-order valence-corrected chi connectivity index (χ0v) is 15.9. The molecule has 0 amide bonds. The van der Waals surface area contributed by atoms with Crippen molar-refractivity contribution in [2.45, 2.75) is 44.8 Å². The monoisotopic (exact) mass is 365 g/mol. The molecular formula is C18H27N3O3S. The minimum absolute atomic E-state index is 0.492. The lowest BCUT2D eigenvalue weighted by atomic mass is 10.1. The maximum Gasteiger partial charge on any atom is 0.216 e. The van der Waals surface area contributed by atoms with Crippen LogP contribution in [0.2, 0.25) is 0 Å². The fraction of sp³-hybridized carbons (Fsp3) is 0.500. The van der Waals surface area contributed by atoms with E-state index in [1.807, 2.05) is 24.3 Å². The summed E-state index contributed by atoms with van der Waals surface area (Å²) in [5.41, 5.74) is 2.05. The second kappa shape index (κ2) is 8.49. The van der Waals surface area contributed by atoms with Gasteiger partial charge in [0.1, 0.15) is 0 Å². The third kappa shape index (κ3) is 5.86. The van der Waals surface area contributed by atoms with E-state index in [0.717, 1.165) is 42.8 Å². The van der Waals surface area contributed by atoms with Gasteiger partial charge in [0.05, 0.1) is 10.9 Å². The maximum absolute atomic E-state index is 11.9. The Kier molecular flexibility index (Phi) is 6.61. The van der Waals surface area contributed by atoms with Gasteiger partial charge in [-0.3, -0.25) is 0 Å². The van der Waals surface area contributed by atoms with Gasteiger partial charge < -0.3 is 9.73 Å². The Morgan fingerprint density at radius 1 is 1.04 bits per heavy atom. The first-order valence-corrected chi connectivity index (χ1v) is 10.00. The van der Waals surface area contributed by atoms with Crippen LogP contribution in [-0.4, -0.2) is 31.2 Å². The standard InChI is InChI=1S/C18H27N3O3S/c1-18(2,3)25(22,23)21-12-6-4-5-11-20-16-9-7-15(8-10-16)17-13-19-14-24-17/h7-10,13-14,20-21H,4-6,11-12H2,1-3H3. The van der Waals surface area contributed by atoms with Gasteiger partial charge in [0, 0.05) is 24.3 Å². The Hall–Kier alpha value is -1.86. The number of benzene rings is 1. The van der Waals surface area contributed by atoms with Crippen molar-refractivity contribution in [2.75, 3.05) is 18.4 Å². The predicted octanol–water partition coefficient (Wildman–Crippen LogP) is 3.64. The van der Waals surface area contributed by atoms with Crippen molar-refractivity contribution in [2.24, 2.45) is 0 Å². The molecular weight excluding hydrogens is 338 g/mol. The van der Waals surface area contributed by atoms with Crippen molar-refractivity contribution in [3.8, 4) is 11.3 Å². The first kappa shape index (κ1) is 19.5. The van der Waals surface area contributed by atoms with Crippen molar-refractivity contribution in [1.82, 2.24) is 9.71 Å². The van der Waals surface area contributed by atoms with Crippen molar-refractivity contribution in [3.05, 3.63) is 36.9 Å². The van der Waals surface area contributed by atoms with E-state index >= 15 is 0 Å². The Labute approximate surface area is 150 Å². The summed E-state index contributed by atoms with van der Waals surface area (Å²) in [4.78, 5) is 3.91. The molecule has 0 saturated heterocycles. The second-order valence-electron chi connectivity index (χ2n) is 6.94. The molecule has 6 nitrogen and oxygen atoms in total. The van der Waals surface area contributed by atoms with Crippen molar-refractivity contribution in [1.29, 1.82) is 0 Å². The Bertz CT molecular complexity index is 733. The number of aromatic nitrogens is 1. The summed E-state index contributed by atoms with van der Waals surface area (Å²) in [6.45, 7) is 6.45. The first-order chi connectivity index (χ1) is 11.8. The number of anilines is 1. The highest BCUT2D eigenvalue weighted by Crippen LogP contribution is 2.20. The molecule has 2 rings (SSSR count). The van der Waals surface area contributed by atoms with Crippen LogP contribution in [-0.2, 0) is 10.0 Å². The Balaban J connectivity index is 1.62. The van der Waals surface area contributed by atoms with Crippen LogP contribution in [0.4, 0.5) is 5.69 Å². The summed E-state index contributed by atoms with van der Waals surface area (Å²) in [5, 5.41) is 3.36. The topological polar surface area (TPSA) is 84.2 Å². The molecule has 0 aliphatic carbocycles. The lowest BCUT2D eigenvalue weighted by molar-refractivity contribution is 0.540. The number of hydrogen-bond acceptors (Lipinski definition) is 5. The average Bonchev–Trinajstić information content (AvgIpc) is 3.08. The van der Waals surface area contributed by atoms with Crippen LogP contribution in [0.3, 0.4) is 0 Å². The highest BCUT2D eigenvalue weighted by Gasteiger charge is 2.27. The molecule has 2 N–H and O–H groups in total. The molecule has 0 spiro atoms. The van der Waals surface area contributed by atoms with E-state index in [4.69, 9.17) is 4.42 Å². The van der Waals surface area contributed by atoms with Gasteiger partial charge in [0.15, 0.2) is 12.2 Å². The molecule has 0 atom stereocenters. The van der Waals surface area contributed by atoms with Crippen molar-refractivity contribution in [3.63, 3.8) is 0 Å². The quantitative estimate of drug-likeness (QED) is 0.663. The van der Waals surface area contributed by atoms with E-state index in [1.54, 1.807) is 27.0 Å². The largest absolute Gasteiger partial charge is 0.444 e. The molecule has 0 aliphatic heterocycles. The van der Waals surface area contributed by atoms with Gasteiger partial charge in [0.25, 0.3) is 0 Å². The van der Waals surface area contributed by atoms with Crippen LogP contribution >= 0.6 is 0 Å². The lowest BCUT2D eigenvalue weighted by Gasteiger charge is -2.19. The van der Waals surface area contributed by atoms with E-state index in [9.17, 15) is 8.42 Å². The van der Waals surface area contributed by atoms with Gasteiger partial charge in [-0.2, -0.15) is 0 Å². The number of rotatable bonds is 9. The molecule has 0 aliphatic rings. The zero-order valence-electron chi connectivity index (χ0n) is 15.1. The highest BCUT2D eigenvalue weighted by atomic mass is 32.2. The fourth-order valence-electron chi connectivity index (χ4n) is 2.19. The third-order valence-corrected chi connectivity index (χ3v) is 6.08. The van der Waals surface area contributed by atoms with Gasteiger partial charge in [-0.15, -0.1) is 0 Å². The third-order valence-electron chi connectivity index (χ3n) is 3.88. The van der Waals surface area contributed by atoms with Crippen molar-refractivity contribution < 1.29 is 12.8 Å². The lowest BCUT2D eigenvalue weighted by Crippen LogP contribution is -2.39. The summed E-state index contributed by atoms with van der Waals surface area (Å²) in [7, 11) is -3.23. The minimum atomic E-state index is -3.23. The molecule has 7 heteroatoms. The molecule has 0 fully saturated rings. The fourth-order valence-corrected chi connectivity index (χ4v) is 3.04. The first-order valence-electron chi connectivity index (χ1n) is 8.51. The molecule has 1 heterocycles. The van der Waals surface area contributed by atoms with Crippen LogP contribution < -0.4 is 10.0 Å². The number of unbranched alkanes of at least 4 members (excludes halogenated alkanes) is 2. The van der Waals surface area contributed by atoms with Crippen molar-refractivity contribution >= 4 is 15.7 Å². The second-order valence-corrected chi connectivity index (χ2v) is 9.46. The average molecular weight is 365 g/mol. The van der Waals surface area contributed by atoms with Crippen LogP contribution in [0, 0.1) is 0 Å². The van der Waals surface area contributed by atoms with E-state index in [2.05, 4.69) is 15.0 Å². The molecule has 0 unspecified atom stereocenters. The van der Waals surface area contributed by atoms with Crippen LogP contribution in [0.5, 0.6) is 0 Å². The molecule has 0 saturated carbocycles. The number of hydrogen-bond donors (Lipinski definition) is 2. The Morgan fingerprint density at radius 2 is 1.72 bits per heavy atom. The highest BCUT2D eigenvalue weighted by molar-refractivity contribution is 7.90. The SMILES string of the molecule is CC(C)(C)S(=O)(=O)NCCCCCNc1ccc(-c2cnco2)cc1. The predicted molar refractivity (Wildman–Crippen MR) is 101 cm³/mol. The summed E-state index contributed by atoms with van der Waals surface area (Å²) in [6, 6.07) is 8.00. The van der Waals surface area contributed by atoms with Gasteiger partial charge >= 0.3 is 0 Å². The van der Waals surface area contributed by atoms with Gasteiger partial charge in [0.2, 0.25) is 10.0 Å². The molecule has 25 heavy (non-hydrogen) atoms. The van der Waals surface area contributed by atoms with E-state index in [-0.39, 0.29) is 0 Å². The maximum atomic E-state index is 11.9. The van der Waals surface area contributed by atoms with Gasteiger partial charge in [-0.25, -0.2) is 18.1 Å². The smallest absolute Gasteiger partial charge is 0.216 e. The molecule has 2 aromatic rings. The van der Waals surface area contributed by atoms with Gasteiger partial charge in [-0.05, 0) is 57.9 Å². The summed E-state index contributed by atoms with van der Waals surface area (Å²) in [5.74, 6) is 0.754. The zero-order chi connectivity index (χ0) is 18.3. The van der Waals surface area contributed by atoms with Crippen LogP contribution in [0.15, 0.2) is 41.3 Å². The number of sulfonamides is 1. The minimum Gasteiger partial charge on any atom is -0.444 e. The van der Waals surface area contributed by atoms with Gasteiger partial charge in [-0.1, -0.05) is 6.42 Å². The summed E-state index contributed by atoms with van der Waals surface area (Å²) in [6.07, 6.45) is 5.90. The number of nitrogens with zero attached hydrogens (tertiary/aromatic N) is 1. The molecule has 0 radical (unpaired) electrons.